The lowest BCUT2D eigenvalue weighted by atomic mass is 10.3. The molecule has 6 heteroatoms. The normalized spacial score (nSPS) is 10.2. The van der Waals surface area contributed by atoms with Crippen LogP contribution in [-0.2, 0) is 4.79 Å². The minimum absolute atomic E-state index is 0.0394. The summed E-state index contributed by atoms with van der Waals surface area (Å²) in [5.41, 5.74) is 0.643. The Hall–Kier alpha value is -1.40. The smallest absolute Gasteiger partial charge is 0.262 e. The summed E-state index contributed by atoms with van der Waals surface area (Å²) in [6.45, 7) is -0.259. The van der Waals surface area contributed by atoms with E-state index in [0.717, 1.165) is 4.47 Å². The molecule has 0 aromatic heterocycles. The molecule has 0 saturated carbocycles. The zero-order valence-corrected chi connectivity index (χ0v) is 13.4. The first kappa shape index (κ1) is 15.0. The van der Waals surface area contributed by atoms with E-state index in [2.05, 4.69) is 37.2 Å². The number of nitrogens with one attached hydrogen (secondary N) is 1. The van der Waals surface area contributed by atoms with Crippen molar-refractivity contribution in [1.29, 1.82) is 0 Å². The average Bonchev–Trinajstić information content (AvgIpc) is 2.37. The van der Waals surface area contributed by atoms with Crippen LogP contribution < -0.4 is 10.1 Å². The number of benzene rings is 2. The predicted molar refractivity (Wildman–Crippen MR) is 82.4 cm³/mol. The van der Waals surface area contributed by atoms with Crippen molar-refractivity contribution in [2.75, 3.05) is 11.9 Å². The third-order valence-electron chi connectivity index (χ3n) is 2.36. The van der Waals surface area contributed by atoms with Gasteiger partial charge in [-0.15, -0.1) is 0 Å². The maximum atomic E-state index is 13.5. The Bertz CT molecular complexity index is 634. The molecular formula is C14H10Br2FNO2. The topological polar surface area (TPSA) is 38.3 Å². The lowest BCUT2D eigenvalue weighted by Gasteiger charge is -2.08. The van der Waals surface area contributed by atoms with Gasteiger partial charge < -0.3 is 10.1 Å². The molecule has 0 fully saturated rings. The van der Waals surface area contributed by atoms with Crippen LogP contribution in [0.5, 0.6) is 5.75 Å². The van der Waals surface area contributed by atoms with E-state index in [9.17, 15) is 9.18 Å². The number of rotatable bonds is 4. The van der Waals surface area contributed by atoms with E-state index < -0.39 is 5.82 Å². The van der Waals surface area contributed by atoms with Gasteiger partial charge in [0.1, 0.15) is 0 Å². The predicted octanol–water partition coefficient (Wildman–Crippen LogP) is 4.37. The zero-order chi connectivity index (χ0) is 14.5. The van der Waals surface area contributed by atoms with Gasteiger partial charge in [-0.2, -0.15) is 0 Å². The number of halogens is 3. The summed E-state index contributed by atoms with van der Waals surface area (Å²) >= 11 is 6.46. The number of anilines is 1. The first-order chi connectivity index (χ1) is 9.54. The van der Waals surface area contributed by atoms with Gasteiger partial charge in [-0.1, -0.05) is 37.9 Å². The highest BCUT2D eigenvalue weighted by Crippen LogP contribution is 2.21. The molecule has 0 bridgehead atoms. The van der Waals surface area contributed by atoms with Crippen LogP contribution in [0.2, 0.25) is 0 Å². The first-order valence-corrected chi connectivity index (χ1v) is 7.26. The van der Waals surface area contributed by atoms with Crippen LogP contribution in [0.15, 0.2) is 51.4 Å². The van der Waals surface area contributed by atoms with Gasteiger partial charge in [0.05, 0.1) is 0 Å². The minimum Gasteiger partial charge on any atom is -0.481 e. The van der Waals surface area contributed by atoms with Crippen LogP contribution in [0.1, 0.15) is 0 Å². The van der Waals surface area contributed by atoms with Crippen molar-refractivity contribution >= 4 is 43.5 Å². The molecule has 0 spiro atoms. The second-order valence-corrected chi connectivity index (χ2v) is 5.75. The second kappa shape index (κ2) is 6.85. The summed E-state index contributed by atoms with van der Waals surface area (Å²) in [5.74, 6) is -0.836. The number of hydrogen-bond acceptors (Lipinski definition) is 2. The van der Waals surface area contributed by atoms with E-state index in [-0.39, 0.29) is 18.3 Å². The molecule has 2 rings (SSSR count). The summed E-state index contributed by atoms with van der Waals surface area (Å²) in [6.07, 6.45) is 0. The molecule has 0 aliphatic heterocycles. The molecule has 0 radical (unpaired) electrons. The number of ether oxygens (including phenoxy) is 1. The number of hydrogen-bond donors (Lipinski definition) is 1. The fraction of sp³-hybridized carbons (Fsp3) is 0.0714. The van der Waals surface area contributed by atoms with Crippen LogP contribution in [0.3, 0.4) is 0 Å². The van der Waals surface area contributed by atoms with E-state index in [1.165, 1.54) is 12.1 Å². The zero-order valence-electron chi connectivity index (χ0n) is 10.2. The molecule has 20 heavy (non-hydrogen) atoms. The fourth-order valence-electron chi connectivity index (χ4n) is 1.50. The van der Waals surface area contributed by atoms with Crippen molar-refractivity contribution in [3.05, 3.63) is 57.2 Å². The summed E-state index contributed by atoms with van der Waals surface area (Å²) < 4.78 is 20.1. The maximum absolute atomic E-state index is 13.5. The molecule has 104 valence electrons. The summed E-state index contributed by atoms with van der Waals surface area (Å²) in [6, 6.07) is 11.6. The maximum Gasteiger partial charge on any atom is 0.262 e. The Morgan fingerprint density at radius 2 is 1.90 bits per heavy atom. The van der Waals surface area contributed by atoms with E-state index in [1.54, 1.807) is 24.3 Å². The second-order valence-electron chi connectivity index (χ2n) is 3.92. The largest absolute Gasteiger partial charge is 0.481 e. The molecule has 2 aromatic carbocycles. The Morgan fingerprint density at radius 3 is 2.60 bits per heavy atom. The van der Waals surface area contributed by atoms with Crippen LogP contribution in [0, 0.1) is 5.82 Å². The first-order valence-electron chi connectivity index (χ1n) is 5.68. The van der Waals surface area contributed by atoms with Crippen molar-refractivity contribution in [3.63, 3.8) is 0 Å². The monoisotopic (exact) mass is 401 g/mol. The highest BCUT2D eigenvalue weighted by molar-refractivity contribution is 9.10. The van der Waals surface area contributed by atoms with Crippen molar-refractivity contribution in [2.45, 2.75) is 0 Å². The highest BCUT2D eigenvalue weighted by atomic mass is 79.9. The summed E-state index contributed by atoms with van der Waals surface area (Å²) in [4.78, 5) is 11.7. The van der Waals surface area contributed by atoms with Crippen LogP contribution in [0.4, 0.5) is 10.1 Å². The standard InChI is InChI=1S/C14H10Br2FNO2/c15-9-2-1-3-11(6-9)18-14(19)8-20-13-5-4-10(16)7-12(13)17/h1-7H,8H2,(H,18,19). The van der Waals surface area contributed by atoms with E-state index >= 15 is 0 Å². The van der Waals surface area contributed by atoms with E-state index in [4.69, 9.17) is 4.74 Å². The molecule has 0 aliphatic carbocycles. The van der Waals surface area contributed by atoms with Crippen molar-refractivity contribution in [1.82, 2.24) is 0 Å². The molecule has 3 nitrogen and oxygen atoms in total. The van der Waals surface area contributed by atoms with Crippen molar-refractivity contribution in [2.24, 2.45) is 0 Å². The molecule has 0 atom stereocenters. The van der Waals surface area contributed by atoms with Crippen LogP contribution in [0.25, 0.3) is 0 Å². The van der Waals surface area contributed by atoms with Crippen molar-refractivity contribution < 1.29 is 13.9 Å². The quantitative estimate of drug-likeness (QED) is 0.824. The SMILES string of the molecule is O=C(COc1ccc(Br)cc1F)Nc1cccc(Br)c1. The summed E-state index contributed by atoms with van der Waals surface area (Å²) in [5, 5.41) is 2.66. The Labute approximate surface area is 132 Å². The number of carbonyl (C=O) groups is 1. The number of amides is 1. The van der Waals surface area contributed by atoms with E-state index in [0.29, 0.717) is 10.2 Å². The molecule has 1 N–H and O–H groups in total. The Morgan fingerprint density at radius 1 is 1.15 bits per heavy atom. The van der Waals surface area contributed by atoms with Crippen LogP contribution >= 0.6 is 31.9 Å². The molecule has 0 heterocycles. The molecule has 2 aromatic rings. The Balaban J connectivity index is 1.92. The van der Waals surface area contributed by atoms with Gasteiger partial charge in [-0.3, -0.25) is 4.79 Å². The minimum atomic E-state index is -0.519. The Kier molecular flexibility index (Phi) is 5.14. The molecule has 1 amide bonds. The van der Waals surface area contributed by atoms with Gasteiger partial charge in [-0.05, 0) is 36.4 Å². The summed E-state index contributed by atoms with van der Waals surface area (Å²) in [7, 11) is 0. The van der Waals surface area contributed by atoms with Gasteiger partial charge >= 0.3 is 0 Å². The number of carbonyl (C=O) groups excluding carboxylic acids is 1. The van der Waals surface area contributed by atoms with Gasteiger partial charge in [0.2, 0.25) is 0 Å². The van der Waals surface area contributed by atoms with Gasteiger partial charge in [-0.25, -0.2) is 4.39 Å². The van der Waals surface area contributed by atoms with Gasteiger partial charge in [0.25, 0.3) is 5.91 Å². The van der Waals surface area contributed by atoms with Gasteiger partial charge in [0.15, 0.2) is 18.2 Å². The third-order valence-corrected chi connectivity index (χ3v) is 3.35. The van der Waals surface area contributed by atoms with Crippen molar-refractivity contribution in [3.8, 4) is 5.75 Å². The van der Waals surface area contributed by atoms with Gasteiger partial charge in [0, 0.05) is 14.6 Å². The highest BCUT2D eigenvalue weighted by Gasteiger charge is 2.08. The third kappa shape index (κ3) is 4.31. The molecule has 0 saturated heterocycles. The van der Waals surface area contributed by atoms with E-state index in [1.807, 2.05) is 6.07 Å². The average molecular weight is 403 g/mol. The lowest BCUT2D eigenvalue weighted by Crippen LogP contribution is -2.20. The lowest BCUT2D eigenvalue weighted by molar-refractivity contribution is -0.118. The molecular weight excluding hydrogens is 393 g/mol. The van der Waals surface area contributed by atoms with Crippen LogP contribution in [-0.4, -0.2) is 12.5 Å². The molecule has 0 unspecified atom stereocenters. The fourth-order valence-corrected chi connectivity index (χ4v) is 2.23. The molecule has 0 aliphatic rings.